The molecule has 0 saturated heterocycles. The van der Waals surface area contributed by atoms with Crippen molar-refractivity contribution in [3.8, 4) is 0 Å². The Morgan fingerprint density at radius 1 is 1.48 bits per heavy atom. The molecule has 0 aliphatic carbocycles. The number of thiazole rings is 1. The third kappa shape index (κ3) is 3.77. The van der Waals surface area contributed by atoms with E-state index in [9.17, 15) is 14.0 Å². The van der Waals surface area contributed by atoms with Gasteiger partial charge in [0.2, 0.25) is 0 Å². The molecule has 1 aromatic carbocycles. The lowest BCUT2D eigenvalue weighted by Crippen LogP contribution is -2.14. The van der Waals surface area contributed by atoms with E-state index in [1.165, 1.54) is 25.3 Å². The highest BCUT2D eigenvalue weighted by Gasteiger charge is 2.16. The first kappa shape index (κ1) is 15.4. The monoisotopic (exact) mass is 328 g/mol. The average Bonchev–Trinajstić information content (AvgIpc) is 2.88. The molecule has 0 saturated carbocycles. The van der Waals surface area contributed by atoms with Crippen molar-refractivity contribution in [3.63, 3.8) is 0 Å². The largest absolute Gasteiger partial charge is 0.469 e. The molecule has 0 spiro atoms. The van der Waals surface area contributed by atoms with Gasteiger partial charge >= 0.3 is 5.97 Å². The van der Waals surface area contributed by atoms with Crippen molar-refractivity contribution >= 4 is 39.9 Å². The molecule has 2 rings (SSSR count). The van der Waals surface area contributed by atoms with Gasteiger partial charge in [-0.25, -0.2) is 9.37 Å². The summed E-state index contributed by atoms with van der Waals surface area (Å²) in [6, 6.07) is 4.15. The predicted octanol–water partition coefficient (Wildman–Crippen LogP) is 2.90. The van der Waals surface area contributed by atoms with Gasteiger partial charge in [0, 0.05) is 5.38 Å². The molecule has 0 fully saturated rings. The summed E-state index contributed by atoms with van der Waals surface area (Å²) >= 11 is 6.75. The molecular weight excluding hydrogens is 319 g/mol. The number of aromatic nitrogens is 1. The lowest BCUT2D eigenvalue weighted by molar-refractivity contribution is -0.139. The van der Waals surface area contributed by atoms with Crippen LogP contribution >= 0.6 is 22.9 Å². The number of esters is 1. The molecule has 0 unspecified atom stereocenters. The lowest BCUT2D eigenvalue weighted by Gasteiger charge is -2.04. The number of hydrogen-bond acceptors (Lipinski definition) is 5. The van der Waals surface area contributed by atoms with E-state index < -0.39 is 17.7 Å². The minimum atomic E-state index is -0.789. The van der Waals surface area contributed by atoms with Gasteiger partial charge in [0.1, 0.15) is 0 Å². The van der Waals surface area contributed by atoms with Crippen molar-refractivity contribution in [2.45, 2.75) is 6.42 Å². The highest BCUT2D eigenvalue weighted by atomic mass is 35.5. The number of benzene rings is 1. The van der Waals surface area contributed by atoms with E-state index in [2.05, 4.69) is 15.0 Å². The standard InChI is InChI=1S/C13H10ClFN2O3S/c1-20-10(18)5-7-6-21-13(16-7)17-12(19)8-3-2-4-9(14)11(8)15/h2-4,6H,5H2,1H3,(H,16,17,19). The number of ether oxygens (including phenoxy) is 1. The van der Waals surface area contributed by atoms with E-state index in [0.29, 0.717) is 5.69 Å². The molecule has 0 atom stereocenters. The predicted molar refractivity (Wildman–Crippen MR) is 77.2 cm³/mol. The van der Waals surface area contributed by atoms with Gasteiger partial charge in [0.15, 0.2) is 10.9 Å². The molecule has 8 heteroatoms. The van der Waals surface area contributed by atoms with Gasteiger partial charge in [0.25, 0.3) is 5.91 Å². The van der Waals surface area contributed by atoms with E-state index in [1.807, 2.05) is 0 Å². The summed E-state index contributed by atoms with van der Waals surface area (Å²) < 4.78 is 18.2. The summed E-state index contributed by atoms with van der Waals surface area (Å²) in [5.41, 5.74) is 0.293. The smallest absolute Gasteiger partial charge is 0.311 e. The van der Waals surface area contributed by atoms with Gasteiger partial charge in [0.05, 0.1) is 29.8 Å². The fourth-order valence-corrected chi connectivity index (χ4v) is 2.39. The number of anilines is 1. The van der Waals surface area contributed by atoms with E-state index in [0.717, 1.165) is 11.3 Å². The minimum Gasteiger partial charge on any atom is -0.469 e. The van der Waals surface area contributed by atoms with Gasteiger partial charge in [-0.1, -0.05) is 17.7 Å². The van der Waals surface area contributed by atoms with Crippen LogP contribution in [-0.2, 0) is 16.0 Å². The summed E-state index contributed by atoms with van der Waals surface area (Å²) in [7, 11) is 1.28. The summed E-state index contributed by atoms with van der Waals surface area (Å²) in [6.45, 7) is 0. The third-order valence-corrected chi connectivity index (χ3v) is 3.62. The van der Waals surface area contributed by atoms with Gasteiger partial charge in [-0.05, 0) is 12.1 Å². The van der Waals surface area contributed by atoms with Crippen molar-refractivity contribution in [3.05, 3.63) is 45.7 Å². The highest BCUT2D eigenvalue weighted by Crippen LogP contribution is 2.21. The maximum atomic E-state index is 13.7. The van der Waals surface area contributed by atoms with Crippen molar-refractivity contribution in [2.75, 3.05) is 12.4 Å². The van der Waals surface area contributed by atoms with E-state index in [4.69, 9.17) is 11.6 Å². The zero-order valence-corrected chi connectivity index (χ0v) is 12.4. The minimum absolute atomic E-state index is 0.00833. The second kappa shape index (κ2) is 6.64. The van der Waals surface area contributed by atoms with E-state index in [1.54, 1.807) is 5.38 Å². The molecule has 1 amide bonds. The first-order valence-electron chi connectivity index (χ1n) is 5.78. The van der Waals surface area contributed by atoms with Crippen molar-refractivity contribution in [1.82, 2.24) is 4.98 Å². The summed E-state index contributed by atoms with van der Waals surface area (Å²) in [4.78, 5) is 27.1. The van der Waals surface area contributed by atoms with Crippen LogP contribution in [0, 0.1) is 5.82 Å². The Labute approximate surface area is 128 Å². The quantitative estimate of drug-likeness (QED) is 0.876. The van der Waals surface area contributed by atoms with Crippen LogP contribution < -0.4 is 5.32 Å². The second-order valence-corrected chi connectivity index (χ2v) is 5.22. The van der Waals surface area contributed by atoms with Crippen LogP contribution in [-0.4, -0.2) is 24.0 Å². The maximum absolute atomic E-state index is 13.7. The molecule has 1 heterocycles. The molecule has 0 aliphatic rings. The van der Waals surface area contributed by atoms with Crippen LogP contribution in [0.4, 0.5) is 9.52 Å². The molecule has 21 heavy (non-hydrogen) atoms. The number of carbonyl (C=O) groups excluding carboxylic acids is 2. The molecule has 0 bridgehead atoms. The number of carbonyl (C=O) groups is 2. The number of nitrogens with one attached hydrogen (secondary N) is 1. The molecule has 110 valence electrons. The van der Waals surface area contributed by atoms with Gasteiger partial charge in [-0.3, -0.25) is 14.9 Å². The van der Waals surface area contributed by atoms with E-state index in [-0.39, 0.29) is 22.1 Å². The van der Waals surface area contributed by atoms with Crippen molar-refractivity contribution in [1.29, 1.82) is 0 Å². The van der Waals surface area contributed by atoms with Gasteiger partial charge < -0.3 is 4.74 Å². The molecule has 1 N–H and O–H groups in total. The van der Waals surface area contributed by atoms with Gasteiger partial charge in [-0.15, -0.1) is 11.3 Å². The van der Waals surface area contributed by atoms with Crippen LogP contribution in [0.1, 0.15) is 16.1 Å². The zero-order valence-electron chi connectivity index (χ0n) is 10.9. The Balaban J connectivity index is 2.09. The molecule has 2 aromatic rings. The Bertz CT molecular complexity index is 690. The normalized spacial score (nSPS) is 10.2. The Kier molecular flexibility index (Phi) is 4.87. The number of rotatable bonds is 4. The van der Waals surface area contributed by atoms with Crippen molar-refractivity contribution < 1.29 is 18.7 Å². The molecular formula is C13H10ClFN2O3S. The van der Waals surface area contributed by atoms with Crippen LogP contribution in [0.5, 0.6) is 0 Å². The number of nitrogens with zero attached hydrogens (tertiary/aromatic N) is 1. The van der Waals surface area contributed by atoms with Crippen LogP contribution in [0.2, 0.25) is 5.02 Å². The first-order chi connectivity index (χ1) is 10.0. The SMILES string of the molecule is COC(=O)Cc1csc(NC(=O)c2cccc(Cl)c2F)n1. The number of amides is 1. The molecule has 5 nitrogen and oxygen atoms in total. The number of halogens is 2. The lowest BCUT2D eigenvalue weighted by atomic mass is 10.2. The van der Waals surface area contributed by atoms with Crippen LogP contribution in [0.3, 0.4) is 0 Å². The second-order valence-electron chi connectivity index (χ2n) is 3.95. The summed E-state index contributed by atoms with van der Waals surface area (Å²) in [6.07, 6.45) is 0.00833. The Morgan fingerprint density at radius 2 is 2.24 bits per heavy atom. The molecule has 0 aliphatic heterocycles. The highest BCUT2D eigenvalue weighted by molar-refractivity contribution is 7.14. The fourth-order valence-electron chi connectivity index (χ4n) is 1.51. The number of hydrogen-bond donors (Lipinski definition) is 1. The maximum Gasteiger partial charge on any atom is 0.311 e. The summed E-state index contributed by atoms with van der Waals surface area (Å²) in [5.74, 6) is -1.88. The fraction of sp³-hybridized carbons (Fsp3) is 0.154. The van der Waals surface area contributed by atoms with Crippen LogP contribution in [0.15, 0.2) is 23.6 Å². The molecule has 0 radical (unpaired) electrons. The zero-order chi connectivity index (χ0) is 15.4. The van der Waals surface area contributed by atoms with E-state index >= 15 is 0 Å². The van der Waals surface area contributed by atoms with Gasteiger partial charge in [-0.2, -0.15) is 0 Å². The van der Waals surface area contributed by atoms with Crippen LogP contribution in [0.25, 0.3) is 0 Å². The Hall–Kier alpha value is -1.99. The Morgan fingerprint density at radius 3 is 2.95 bits per heavy atom. The third-order valence-electron chi connectivity index (χ3n) is 2.52. The average molecular weight is 329 g/mol. The summed E-state index contributed by atoms with van der Waals surface area (Å²) in [5, 5.41) is 4.20. The van der Waals surface area contributed by atoms with Crippen molar-refractivity contribution in [2.24, 2.45) is 0 Å². The topological polar surface area (TPSA) is 68.3 Å². The number of methoxy groups -OCH3 is 1. The molecule has 1 aromatic heterocycles. The first-order valence-corrected chi connectivity index (χ1v) is 7.03.